The van der Waals surface area contributed by atoms with Gasteiger partial charge in [-0.25, -0.2) is 0 Å². The summed E-state index contributed by atoms with van der Waals surface area (Å²) in [4.78, 5) is 0. The van der Waals surface area contributed by atoms with Crippen molar-refractivity contribution in [1.82, 2.24) is 0 Å². The zero-order chi connectivity index (χ0) is 13.7. The van der Waals surface area contributed by atoms with Gasteiger partial charge in [0.05, 0.1) is 6.10 Å². The molecule has 1 aromatic carbocycles. The molecule has 0 spiro atoms. The second-order valence-corrected chi connectivity index (χ2v) is 6.32. The second kappa shape index (κ2) is 7.09. The number of benzene rings is 1. The van der Waals surface area contributed by atoms with Crippen LogP contribution in [-0.2, 0) is 0 Å². The third-order valence-electron chi connectivity index (χ3n) is 4.91. The minimum atomic E-state index is -0.121. The normalized spacial score (nSPS) is 26.9. The summed E-state index contributed by atoms with van der Waals surface area (Å²) in [6, 6.07) is 10.6. The highest BCUT2D eigenvalue weighted by atomic mass is 16.3. The highest BCUT2D eigenvalue weighted by molar-refractivity contribution is 5.18. The van der Waals surface area contributed by atoms with Gasteiger partial charge in [-0.15, -0.1) is 0 Å². The molecular weight excluding hydrogens is 232 g/mol. The molecule has 1 nitrogen and oxygen atoms in total. The molecule has 0 aliphatic heterocycles. The zero-order valence-corrected chi connectivity index (χ0v) is 12.4. The summed E-state index contributed by atoms with van der Waals surface area (Å²) >= 11 is 0. The monoisotopic (exact) mass is 260 g/mol. The fourth-order valence-corrected chi connectivity index (χ4v) is 3.53. The van der Waals surface area contributed by atoms with E-state index in [0.717, 1.165) is 12.3 Å². The van der Waals surface area contributed by atoms with Crippen LogP contribution >= 0.6 is 0 Å². The minimum absolute atomic E-state index is 0.121. The van der Waals surface area contributed by atoms with E-state index in [1.165, 1.54) is 37.7 Å². The van der Waals surface area contributed by atoms with Crippen LogP contribution in [0.2, 0.25) is 0 Å². The van der Waals surface area contributed by atoms with E-state index in [0.29, 0.717) is 11.8 Å². The summed E-state index contributed by atoms with van der Waals surface area (Å²) in [5.41, 5.74) is 1.35. The molecule has 4 atom stereocenters. The van der Waals surface area contributed by atoms with E-state index in [2.05, 4.69) is 44.2 Å². The second-order valence-electron chi connectivity index (χ2n) is 6.32. The van der Waals surface area contributed by atoms with Crippen LogP contribution in [0.5, 0.6) is 0 Å². The Balaban J connectivity index is 1.88. The van der Waals surface area contributed by atoms with Gasteiger partial charge < -0.3 is 5.11 Å². The summed E-state index contributed by atoms with van der Waals surface area (Å²) in [5.74, 6) is 1.84. The predicted octanol–water partition coefficient (Wildman–Crippen LogP) is 4.76. The van der Waals surface area contributed by atoms with E-state index in [4.69, 9.17) is 0 Å². The Morgan fingerprint density at radius 3 is 2.63 bits per heavy atom. The summed E-state index contributed by atoms with van der Waals surface area (Å²) in [7, 11) is 0. The van der Waals surface area contributed by atoms with Crippen molar-refractivity contribution in [2.24, 2.45) is 11.8 Å². The van der Waals surface area contributed by atoms with Gasteiger partial charge in [0.15, 0.2) is 0 Å². The van der Waals surface area contributed by atoms with Gasteiger partial charge >= 0.3 is 0 Å². The molecule has 1 saturated carbocycles. The van der Waals surface area contributed by atoms with Crippen LogP contribution < -0.4 is 0 Å². The average Bonchev–Trinajstić information content (AvgIpc) is 2.48. The average molecular weight is 260 g/mol. The van der Waals surface area contributed by atoms with Gasteiger partial charge in [0.1, 0.15) is 0 Å². The maximum Gasteiger partial charge on any atom is 0.0574 e. The lowest BCUT2D eigenvalue weighted by atomic mass is 9.75. The number of hydrogen-bond donors (Lipinski definition) is 1. The SMILES string of the molecule is CCC1CCCC(C(O)CC(C)c2ccccc2)C1. The van der Waals surface area contributed by atoms with Gasteiger partial charge in [-0.05, 0) is 42.6 Å². The molecule has 4 unspecified atom stereocenters. The van der Waals surface area contributed by atoms with Gasteiger partial charge in [0.2, 0.25) is 0 Å². The molecule has 0 amide bonds. The van der Waals surface area contributed by atoms with Crippen LogP contribution in [0.3, 0.4) is 0 Å². The Morgan fingerprint density at radius 1 is 1.21 bits per heavy atom. The van der Waals surface area contributed by atoms with Crippen LogP contribution in [-0.4, -0.2) is 11.2 Å². The molecule has 2 rings (SSSR count). The molecule has 0 heterocycles. The molecule has 0 bridgehead atoms. The Labute approximate surface area is 118 Å². The molecule has 0 saturated heterocycles. The maximum atomic E-state index is 10.5. The van der Waals surface area contributed by atoms with Crippen molar-refractivity contribution >= 4 is 0 Å². The first-order valence-electron chi connectivity index (χ1n) is 7.93. The number of rotatable bonds is 5. The third kappa shape index (κ3) is 4.07. The van der Waals surface area contributed by atoms with E-state index in [1.807, 2.05) is 0 Å². The summed E-state index contributed by atoms with van der Waals surface area (Å²) in [6.45, 7) is 4.52. The summed E-state index contributed by atoms with van der Waals surface area (Å²) in [5, 5.41) is 10.5. The van der Waals surface area contributed by atoms with Crippen molar-refractivity contribution < 1.29 is 5.11 Å². The van der Waals surface area contributed by atoms with Crippen LogP contribution in [0.15, 0.2) is 30.3 Å². The zero-order valence-electron chi connectivity index (χ0n) is 12.4. The van der Waals surface area contributed by atoms with Gasteiger partial charge in [0.25, 0.3) is 0 Å². The van der Waals surface area contributed by atoms with Crippen molar-refractivity contribution in [3.05, 3.63) is 35.9 Å². The van der Waals surface area contributed by atoms with Crippen molar-refractivity contribution in [1.29, 1.82) is 0 Å². The topological polar surface area (TPSA) is 20.2 Å². The molecule has 1 fully saturated rings. The first kappa shape index (κ1) is 14.6. The van der Waals surface area contributed by atoms with Crippen LogP contribution in [0, 0.1) is 11.8 Å². The van der Waals surface area contributed by atoms with E-state index >= 15 is 0 Å². The van der Waals surface area contributed by atoms with Gasteiger partial charge in [-0.2, -0.15) is 0 Å². The Kier molecular flexibility index (Phi) is 5.45. The Hall–Kier alpha value is -0.820. The molecule has 1 N–H and O–H groups in total. The number of hydrogen-bond acceptors (Lipinski definition) is 1. The molecule has 1 heteroatoms. The largest absolute Gasteiger partial charge is 0.393 e. The van der Waals surface area contributed by atoms with Gasteiger partial charge in [-0.1, -0.05) is 63.4 Å². The molecule has 19 heavy (non-hydrogen) atoms. The molecule has 0 aromatic heterocycles. The predicted molar refractivity (Wildman–Crippen MR) is 81.2 cm³/mol. The first-order valence-corrected chi connectivity index (χ1v) is 7.93. The van der Waals surface area contributed by atoms with Crippen LogP contribution in [0.4, 0.5) is 0 Å². The van der Waals surface area contributed by atoms with Gasteiger partial charge in [-0.3, -0.25) is 0 Å². The first-order chi connectivity index (χ1) is 9.20. The fraction of sp³-hybridized carbons (Fsp3) is 0.667. The quantitative estimate of drug-likeness (QED) is 0.809. The van der Waals surface area contributed by atoms with E-state index < -0.39 is 0 Å². The number of aliphatic hydroxyl groups is 1. The van der Waals surface area contributed by atoms with Crippen molar-refractivity contribution in [2.45, 2.75) is 64.4 Å². The highest BCUT2D eigenvalue weighted by Gasteiger charge is 2.27. The Bertz CT molecular complexity index is 359. The summed E-state index contributed by atoms with van der Waals surface area (Å²) in [6.07, 6.45) is 7.19. The van der Waals surface area contributed by atoms with Gasteiger partial charge in [0, 0.05) is 0 Å². The van der Waals surface area contributed by atoms with Crippen molar-refractivity contribution in [3.63, 3.8) is 0 Å². The molecular formula is C18H28O. The van der Waals surface area contributed by atoms with Crippen molar-refractivity contribution in [2.75, 3.05) is 0 Å². The fourth-order valence-electron chi connectivity index (χ4n) is 3.53. The lowest BCUT2D eigenvalue weighted by Gasteiger charge is -2.32. The number of aliphatic hydroxyl groups excluding tert-OH is 1. The smallest absolute Gasteiger partial charge is 0.0574 e. The van der Waals surface area contributed by atoms with Crippen LogP contribution in [0.25, 0.3) is 0 Å². The molecule has 1 aromatic rings. The van der Waals surface area contributed by atoms with E-state index in [9.17, 15) is 5.11 Å². The third-order valence-corrected chi connectivity index (χ3v) is 4.91. The molecule has 0 radical (unpaired) electrons. The van der Waals surface area contributed by atoms with E-state index in [1.54, 1.807) is 0 Å². The standard InChI is InChI=1S/C18H28O/c1-3-15-8-7-11-17(13-15)18(19)12-14(2)16-9-5-4-6-10-16/h4-6,9-10,14-15,17-19H,3,7-8,11-13H2,1-2H3. The Morgan fingerprint density at radius 2 is 1.95 bits per heavy atom. The summed E-state index contributed by atoms with van der Waals surface area (Å²) < 4.78 is 0. The lowest BCUT2D eigenvalue weighted by molar-refractivity contribution is 0.0571. The minimum Gasteiger partial charge on any atom is -0.393 e. The molecule has 106 valence electrons. The lowest BCUT2D eigenvalue weighted by Crippen LogP contribution is -2.27. The van der Waals surface area contributed by atoms with E-state index in [-0.39, 0.29) is 6.10 Å². The highest BCUT2D eigenvalue weighted by Crippen LogP contribution is 2.35. The van der Waals surface area contributed by atoms with Crippen molar-refractivity contribution in [3.8, 4) is 0 Å². The maximum absolute atomic E-state index is 10.5. The van der Waals surface area contributed by atoms with Crippen LogP contribution in [0.1, 0.15) is 63.9 Å². The molecule has 1 aliphatic carbocycles. The molecule has 1 aliphatic rings.